The molecule has 0 amide bonds. The van der Waals surface area contributed by atoms with E-state index in [0.717, 1.165) is 17.0 Å². The highest BCUT2D eigenvalue weighted by Crippen LogP contribution is 2.20. The van der Waals surface area contributed by atoms with Crippen molar-refractivity contribution in [3.63, 3.8) is 0 Å². The van der Waals surface area contributed by atoms with Gasteiger partial charge < -0.3 is 0 Å². The molecule has 0 aliphatic heterocycles. The fourth-order valence-electron chi connectivity index (χ4n) is 2.72. The first-order valence-electron chi connectivity index (χ1n) is 7.07. The highest BCUT2D eigenvalue weighted by atomic mass is 15.1. The Morgan fingerprint density at radius 2 is 1.24 bits per heavy atom. The van der Waals surface area contributed by atoms with E-state index in [4.69, 9.17) is 0 Å². The zero-order valence-electron chi connectivity index (χ0n) is 11.5. The van der Waals surface area contributed by atoms with Crippen LogP contribution in [0.1, 0.15) is 0 Å². The van der Waals surface area contributed by atoms with E-state index in [1.807, 2.05) is 12.1 Å². The van der Waals surface area contributed by atoms with Crippen molar-refractivity contribution < 1.29 is 4.57 Å². The lowest BCUT2D eigenvalue weighted by atomic mass is 10.2. The summed E-state index contributed by atoms with van der Waals surface area (Å²) in [4.78, 5) is 3.54. The summed E-state index contributed by atoms with van der Waals surface area (Å²) in [5.74, 6) is 1.10. The minimum Gasteiger partial charge on any atom is -0.236 e. The number of rotatable bonds is 2. The van der Waals surface area contributed by atoms with Crippen LogP contribution in [-0.4, -0.2) is 4.98 Å². The topological polar surface area (TPSA) is 19.7 Å². The molecular formula is C19H15N2+. The van der Waals surface area contributed by atoms with Gasteiger partial charge in [0.1, 0.15) is 5.69 Å². The van der Waals surface area contributed by atoms with Crippen LogP contribution < -0.4 is 4.57 Å². The van der Waals surface area contributed by atoms with Gasteiger partial charge in [0.15, 0.2) is 11.0 Å². The number of nitrogens with one attached hydrogen (secondary N) is 1. The van der Waals surface area contributed by atoms with E-state index >= 15 is 0 Å². The van der Waals surface area contributed by atoms with Crippen molar-refractivity contribution in [3.8, 4) is 17.1 Å². The minimum atomic E-state index is 1.10. The second-order valence-electron chi connectivity index (χ2n) is 5.03. The molecule has 0 spiro atoms. The quantitative estimate of drug-likeness (QED) is 0.529. The SMILES string of the molecule is c1ccc(-c2[nH]c3ccccc3[n+]2-c2ccccc2)cc1. The lowest BCUT2D eigenvalue weighted by Crippen LogP contribution is -2.31. The second kappa shape index (κ2) is 4.91. The van der Waals surface area contributed by atoms with Crippen LogP contribution in [0.15, 0.2) is 84.9 Å². The van der Waals surface area contributed by atoms with Gasteiger partial charge in [-0.05, 0) is 36.4 Å². The van der Waals surface area contributed by atoms with E-state index in [1.54, 1.807) is 0 Å². The Balaban J connectivity index is 2.07. The van der Waals surface area contributed by atoms with Crippen LogP contribution in [0.4, 0.5) is 0 Å². The van der Waals surface area contributed by atoms with Crippen LogP contribution in [-0.2, 0) is 0 Å². The third-order valence-corrected chi connectivity index (χ3v) is 3.68. The molecule has 1 N–H and O–H groups in total. The summed E-state index contributed by atoms with van der Waals surface area (Å²) in [6.07, 6.45) is 0. The average molecular weight is 271 g/mol. The summed E-state index contributed by atoms with van der Waals surface area (Å²) in [6, 6.07) is 29.3. The molecular weight excluding hydrogens is 256 g/mol. The molecule has 1 heterocycles. The molecule has 2 nitrogen and oxygen atoms in total. The Morgan fingerprint density at radius 3 is 2.00 bits per heavy atom. The van der Waals surface area contributed by atoms with Crippen molar-refractivity contribution >= 4 is 11.0 Å². The Morgan fingerprint density at radius 1 is 0.619 bits per heavy atom. The third-order valence-electron chi connectivity index (χ3n) is 3.68. The fourth-order valence-corrected chi connectivity index (χ4v) is 2.72. The maximum atomic E-state index is 3.54. The Labute approximate surface area is 123 Å². The zero-order chi connectivity index (χ0) is 14.1. The Bertz CT molecular complexity index is 877. The summed E-state index contributed by atoms with van der Waals surface area (Å²) in [5, 5.41) is 0. The highest BCUT2D eigenvalue weighted by molar-refractivity contribution is 5.75. The molecule has 0 atom stereocenters. The summed E-state index contributed by atoms with van der Waals surface area (Å²) < 4.78 is 2.27. The lowest BCUT2D eigenvalue weighted by Gasteiger charge is -2.01. The third kappa shape index (κ3) is 2.01. The predicted molar refractivity (Wildman–Crippen MR) is 85.3 cm³/mol. The van der Waals surface area contributed by atoms with Gasteiger partial charge >= 0.3 is 0 Å². The predicted octanol–water partition coefficient (Wildman–Crippen LogP) is 4.11. The summed E-state index contributed by atoms with van der Waals surface area (Å²) in [7, 11) is 0. The van der Waals surface area contributed by atoms with Crippen LogP contribution in [0.3, 0.4) is 0 Å². The molecule has 0 fully saturated rings. The van der Waals surface area contributed by atoms with Gasteiger partial charge in [-0.1, -0.05) is 48.5 Å². The second-order valence-corrected chi connectivity index (χ2v) is 5.03. The molecule has 2 heteroatoms. The van der Waals surface area contributed by atoms with Crippen molar-refractivity contribution in [2.75, 3.05) is 0 Å². The number of fused-ring (bicyclic) bond motifs is 1. The molecule has 0 bridgehead atoms. The van der Waals surface area contributed by atoms with Crippen molar-refractivity contribution in [2.24, 2.45) is 0 Å². The van der Waals surface area contributed by atoms with Crippen molar-refractivity contribution in [1.29, 1.82) is 0 Å². The Kier molecular flexibility index (Phi) is 2.79. The number of hydrogen-bond acceptors (Lipinski definition) is 0. The van der Waals surface area contributed by atoms with E-state index < -0.39 is 0 Å². The molecule has 0 saturated heterocycles. The van der Waals surface area contributed by atoms with Crippen molar-refractivity contribution in [2.45, 2.75) is 0 Å². The van der Waals surface area contributed by atoms with Gasteiger partial charge in [-0.3, -0.25) is 0 Å². The number of H-pyrrole nitrogens is 1. The van der Waals surface area contributed by atoms with E-state index in [0.29, 0.717) is 0 Å². The first-order valence-corrected chi connectivity index (χ1v) is 7.07. The van der Waals surface area contributed by atoms with Crippen LogP contribution in [0.2, 0.25) is 0 Å². The van der Waals surface area contributed by atoms with Gasteiger partial charge in [0.2, 0.25) is 0 Å². The van der Waals surface area contributed by atoms with E-state index in [-0.39, 0.29) is 0 Å². The van der Waals surface area contributed by atoms with E-state index in [9.17, 15) is 0 Å². The number of hydrogen-bond donors (Lipinski definition) is 1. The molecule has 4 rings (SSSR count). The maximum absolute atomic E-state index is 3.54. The smallest absolute Gasteiger partial charge is 0.236 e. The van der Waals surface area contributed by atoms with Crippen LogP contribution >= 0.6 is 0 Å². The van der Waals surface area contributed by atoms with Crippen molar-refractivity contribution in [3.05, 3.63) is 84.9 Å². The van der Waals surface area contributed by atoms with Gasteiger partial charge in [-0.2, -0.15) is 4.57 Å². The van der Waals surface area contributed by atoms with Gasteiger partial charge in [0.25, 0.3) is 5.82 Å². The lowest BCUT2D eigenvalue weighted by molar-refractivity contribution is -0.554. The molecule has 0 radical (unpaired) electrons. The minimum absolute atomic E-state index is 1.10. The number of imidazole rings is 1. The number of aromatic amines is 1. The van der Waals surface area contributed by atoms with Crippen LogP contribution in [0.25, 0.3) is 28.1 Å². The summed E-state index contributed by atoms with van der Waals surface area (Å²) in [6.45, 7) is 0. The molecule has 21 heavy (non-hydrogen) atoms. The zero-order valence-corrected chi connectivity index (χ0v) is 11.5. The standard InChI is InChI=1S/C19H14N2/c1-3-9-15(10-4-1)19-20-17-13-7-8-14-18(17)21(19)16-11-5-2-6-12-16/h1-14H/p+1. The molecule has 3 aromatic carbocycles. The van der Waals surface area contributed by atoms with Gasteiger partial charge in [-0.15, -0.1) is 0 Å². The number of benzene rings is 3. The molecule has 0 aliphatic carbocycles. The maximum Gasteiger partial charge on any atom is 0.292 e. The van der Waals surface area contributed by atoms with Gasteiger partial charge in [-0.25, -0.2) is 4.98 Å². The molecule has 0 saturated carbocycles. The first-order chi connectivity index (χ1) is 10.4. The largest absolute Gasteiger partial charge is 0.292 e. The average Bonchev–Trinajstić information content (AvgIpc) is 2.96. The number of aromatic nitrogens is 2. The Hall–Kier alpha value is -2.87. The highest BCUT2D eigenvalue weighted by Gasteiger charge is 2.20. The van der Waals surface area contributed by atoms with Crippen LogP contribution in [0.5, 0.6) is 0 Å². The van der Waals surface area contributed by atoms with E-state index in [1.165, 1.54) is 11.1 Å². The van der Waals surface area contributed by atoms with E-state index in [2.05, 4.69) is 82.3 Å². The normalized spacial score (nSPS) is 10.9. The molecule has 0 aliphatic rings. The summed E-state index contributed by atoms with van der Waals surface area (Å²) >= 11 is 0. The fraction of sp³-hybridized carbons (Fsp3) is 0. The number of para-hydroxylation sites is 3. The molecule has 1 aromatic heterocycles. The van der Waals surface area contributed by atoms with Gasteiger partial charge in [0, 0.05) is 0 Å². The first kappa shape index (κ1) is 11.9. The molecule has 100 valence electrons. The van der Waals surface area contributed by atoms with Crippen molar-refractivity contribution in [1.82, 2.24) is 4.98 Å². The molecule has 0 unspecified atom stereocenters. The van der Waals surface area contributed by atoms with Crippen LogP contribution in [0, 0.1) is 0 Å². The summed E-state index contributed by atoms with van der Waals surface area (Å²) in [5.41, 5.74) is 4.66. The number of nitrogens with zero attached hydrogens (tertiary/aromatic N) is 1. The monoisotopic (exact) mass is 271 g/mol. The van der Waals surface area contributed by atoms with Gasteiger partial charge in [0.05, 0.1) is 5.56 Å². The molecule has 4 aromatic rings.